The van der Waals surface area contributed by atoms with Crippen LogP contribution in [0.1, 0.15) is 79.1 Å². The number of carbonyl (C=O) groups excluding carboxylic acids is 2. The molecule has 4 rings (SSSR count). The van der Waals surface area contributed by atoms with Gasteiger partial charge in [-0.25, -0.2) is 0 Å². The number of terminal acetylenes is 1. The average molecular weight is 401 g/mol. The molecule has 0 aromatic rings. The van der Waals surface area contributed by atoms with Gasteiger partial charge in [-0.05, 0) is 80.5 Å². The van der Waals surface area contributed by atoms with E-state index in [1.165, 1.54) is 33.1 Å². The van der Waals surface area contributed by atoms with Gasteiger partial charge < -0.3 is 9.47 Å². The molecule has 4 fully saturated rings. The third kappa shape index (κ3) is 3.29. The minimum Gasteiger partial charge on any atom is -0.462 e. The monoisotopic (exact) mass is 400 g/mol. The van der Waals surface area contributed by atoms with Crippen LogP contribution in [0.4, 0.5) is 0 Å². The molecule has 4 aliphatic rings. The van der Waals surface area contributed by atoms with Crippen molar-refractivity contribution in [2.75, 3.05) is 0 Å². The van der Waals surface area contributed by atoms with Crippen LogP contribution in [0.3, 0.4) is 0 Å². The summed E-state index contributed by atoms with van der Waals surface area (Å²) in [5.74, 6) is 5.16. The maximum absolute atomic E-state index is 11.7. The number of hydrogen-bond donors (Lipinski definition) is 0. The standard InChI is InChI=1S/C25H36O4/c1-6-17-13-18-7-8-19-20-9-10-23(29-16(3)27)24(20,4)12-11-21(19)25(18,5)14-22(17)28-15(2)26/h1,17-23H,7-14H2,2-5H3/t17-,18+,19-,20-,21+,22+,23+,24+,25+/m1/s1. The Hall–Kier alpha value is -1.50. The highest BCUT2D eigenvalue weighted by atomic mass is 16.5. The van der Waals surface area contributed by atoms with Gasteiger partial charge in [0.25, 0.3) is 0 Å². The van der Waals surface area contributed by atoms with Crippen LogP contribution in [-0.4, -0.2) is 24.1 Å². The van der Waals surface area contributed by atoms with E-state index in [1.54, 1.807) is 0 Å². The molecule has 0 unspecified atom stereocenters. The Balaban J connectivity index is 1.58. The Bertz CT molecular complexity index is 723. The van der Waals surface area contributed by atoms with Crippen molar-refractivity contribution in [2.45, 2.75) is 91.3 Å². The van der Waals surface area contributed by atoms with E-state index in [4.69, 9.17) is 15.9 Å². The molecule has 4 aliphatic carbocycles. The zero-order valence-electron chi connectivity index (χ0n) is 18.4. The molecule has 4 nitrogen and oxygen atoms in total. The molecule has 4 heteroatoms. The van der Waals surface area contributed by atoms with E-state index in [2.05, 4.69) is 19.8 Å². The quantitative estimate of drug-likeness (QED) is 0.496. The van der Waals surface area contributed by atoms with E-state index in [0.717, 1.165) is 32.1 Å². The van der Waals surface area contributed by atoms with E-state index in [1.807, 2.05) is 0 Å². The molecular weight excluding hydrogens is 364 g/mol. The first-order valence-electron chi connectivity index (χ1n) is 11.5. The molecule has 9 atom stereocenters. The molecule has 0 radical (unpaired) electrons. The Morgan fingerprint density at radius 2 is 1.62 bits per heavy atom. The molecule has 160 valence electrons. The molecule has 0 aromatic carbocycles. The summed E-state index contributed by atoms with van der Waals surface area (Å²) in [4.78, 5) is 23.3. The maximum Gasteiger partial charge on any atom is 0.302 e. The van der Waals surface area contributed by atoms with Gasteiger partial charge in [-0.15, -0.1) is 6.42 Å². The third-order valence-corrected chi connectivity index (χ3v) is 9.45. The first-order valence-corrected chi connectivity index (χ1v) is 11.5. The SMILES string of the molecule is C#C[C@@H]1C[C@@H]2CC[C@@H]3[C@H]4CC[C@H](OC(C)=O)[C@@]4(C)CC[C@@H]3[C@@]2(C)C[C@@H]1OC(C)=O. The lowest BCUT2D eigenvalue weighted by Crippen LogP contribution is -2.56. The third-order valence-electron chi connectivity index (χ3n) is 9.45. The van der Waals surface area contributed by atoms with Crippen molar-refractivity contribution in [3.8, 4) is 12.3 Å². The van der Waals surface area contributed by atoms with Crippen molar-refractivity contribution < 1.29 is 19.1 Å². The second kappa shape index (κ2) is 7.33. The molecule has 4 saturated carbocycles. The predicted molar refractivity (Wildman–Crippen MR) is 111 cm³/mol. The number of hydrogen-bond acceptors (Lipinski definition) is 4. The molecule has 29 heavy (non-hydrogen) atoms. The maximum atomic E-state index is 11.7. The van der Waals surface area contributed by atoms with Gasteiger partial charge in [0, 0.05) is 19.3 Å². The van der Waals surface area contributed by atoms with Gasteiger partial charge in [0.15, 0.2) is 0 Å². The van der Waals surface area contributed by atoms with Crippen molar-refractivity contribution in [1.29, 1.82) is 0 Å². The summed E-state index contributed by atoms with van der Waals surface area (Å²) in [7, 11) is 0. The second-order valence-electron chi connectivity index (χ2n) is 10.7. The fraction of sp³-hybridized carbons (Fsp3) is 0.840. The highest BCUT2D eigenvalue weighted by Crippen LogP contribution is 2.67. The Kier molecular flexibility index (Phi) is 5.24. The van der Waals surface area contributed by atoms with E-state index >= 15 is 0 Å². The number of ether oxygens (including phenoxy) is 2. The van der Waals surface area contributed by atoms with Gasteiger partial charge in [0.2, 0.25) is 0 Å². The number of esters is 2. The van der Waals surface area contributed by atoms with Crippen LogP contribution in [0.25, 0.3) is 0 Å². The summed E-state index contributed by atoms with van der Waals surface area (Å²) < 4.78 is 11.5. The van der Waals surface area contributed by atoms with Crippen LogP contribution >= 0.6 is 0 Å². The number of rotatable bonds is 2. The highest BCUT2D eigenvalue weighted by Gasteiger charge is 2.62. The van der Waals surface area contributed by atoms with Crippen molar-refractivity contribution in [1.82, 2.24) is 0 Å². The molecular formula is C25H36O4. The lowest BCUT2D eigenvalue weighted by molar-refractivity contribution is -0.175. The summed E-state index contributed by atoms with van der Waals surface area (Å²) >= 11 is 0. The first kappa shape index (κ1) is 20.8. The topological polar surface area (TPSA) is 52.6 Å². The first-order chi connectivity index (χ1) is 13.7. The summed E-state index contributed by atoms with van der Waals surface area (Å²) in [6.07, 6.45) is 14.6. The smallest absolute Gasteiger partial charge is 0.302 e. The van der Waals surface area contributed by atoms with E-state index in [9.17, 15) is 9.59 Å². The van der Waals surface area contributed by atoms with Crippen molar-refractivity contribution in [3.05, 3.63) is 0 Å². The van der Waals surface area contributed by atoms with Gasteiger partial charge in [-0.1, -0.05) is 19.8 Å². The fourth-order valence-electron chi connectivity index (χ4n) is 8.13. The van der Waals surface area contributed by atoms with Crippen molar-refractivity contribution >= 4 is 11.9 Å². The van der Waals surface area contributed by atoms with Crippen LogP contribution in [0, 0.1) is 52.8 Å². The number of fused-ring (bicyclic) bond motifs is 5. The van der Waals surface area contributed by atoms with Gasteiger partial charge in [0.1, 0.15) is 12.2 Å². The average Bonchev–Trinajstić information content (AvgIpc) is 2.96. The zero-order valence-corrected chi connectivity index (χ0v) is 18.4. The van der Waals surface area contributed by atoms with E-state index < -0.39 is 0 Å². The molecule has 0 spiro atoms. The van der Waals surface area contributed by atoms with Crippen LogP contribution in [0.2, 0.25) is 0 Å². The highest BCUT2D eigenvalue weighted by molar-refractivity contribution is 5.66. The van der Waals surface area contributed by atoms with E-state index in [-0.39, 0.29) is 40.9 Å². The predicted octanol–water partition coefficient (Wildman–Crippen LogP) is 4.75. The molecule has 0 amide bonds. The molecule has 0 aliphatic heterocycles. The van der Waals surface area contributed by atoms with Crippen LogP contribution in [0.5, 0.6) is 0 Å². The normalized spacial score (nSPS) is 48.4. The summed E-state index contributed by atoms with van der Waals surface area (Å²) in [5, 5.41) is 0. The summed E-state index contributed by atoms with van der Waals surface area (Å²) in [5.41, 5.74) is 0.290. The molecule has 0 aromatic heterocycles. The van der Waals surface area contributed by atoms with Gasteiger partial charge in [-0.3, -0.25) is 9.59 Å². The van der Waals surface area contributed by atoms with Crippen molar-refractivity contribution in [3.63, 3.8) is 0 Å². The van der Waals surface area contributed by atoms with Crippen molar-refractivity contribution in [2.24, 2.45) is 40.4 Å². The second-order valence-corrected chi connectivity index (χ2v) is 10.7. The lowest BCUT2D eigenvalue weighted by atomic mass is 9.44. The number of carbonyl (C=O) groups is 2. The Morgan fingerprint density at radius 3 is 2.28 bits per heavy atom. The molecule has 0 bridgehead atoms. The minimum absolute atomic E-state index is 0.0437. The van der Waals surface area contributed by atoms with E-state index in [0.29, 0.717) is 23.7 Å². The zero-order chi connectivity index (χ0) is 21.0. The summed E-state index contributed by atoms with van der Waals surface area (Å²) in [6, 6.07) is 0. The minimum atomic E-state index is -0.221. The van der Waals surface area contributed by atoms with Gasteiger partial charge in [-0.2, -0.15) is 0 Å². The van der Waals surface area contributed by atoms with Gasteiger partial charge >= 0.3 is 11.9 Å². The Morgan fingerprint density at radius 1 is 0.931 bits per heavy atom. The van der Waals surface area contributed by atoms with Crippen LogP contribution < -0.4 is 0 Å². The fourth-order valence-corrected chi connectivity index (χ4v) is 8.13. The lowest BCUT2D eigenvalue weighted by Gasteiger charge is -2.61. The van der Waals surface area contributed by atoms with Crippen LogP contribution in [0.15, 0.2) is 0 Å². The Labute approximate surface area is 175 Å². The van der Waals surface area contributed by atoms with Gasteiger partial charge in [0.05, 0.1) is 5.92 Å². The molecule has 0 N–H and O–H groups in total. The van der Waals surface area contributed by atoms with Crippen LogP contribution in [-0.2, 0) is 19.1 Å². The largest absolute Gasteiger partial charge is 0.462 e. The summed E-state index contributed by atoms with van der Waals surface area (Å²) in [6.45, 7) is 7.83. The molecule has 0 heterocycles. The molecule has 0 saturated heterocycles.